The Morgan fingerprint density at radius 3 is 2.57 bits per heavy atom. The van der Waals surface area contributed by atoms with Gasteiger partial charge in [-0.1, -0.05) is 31.2 Å². The van der Waals surface area contributed by atoms with Crippen molar-refractivity contribution in [3.63, 3.8) is 0 Å². The first-order valence-electron chi connectivity index (χ1n) is 5.36. The minimum absolute atomic E-state index is 0.850. The lowest BCUT2D eigenvalue weighted by Gasteiger charge is -2.18. The molecule has 0 aromatic heterocycles. The SMILES string of the molecule is C=C/C(C)=C\C=C(/C)N1CC[C@H](C)C1. The lowest BCUT2D eigenvalue weighted by atomic mass is 10.2. The summed E-state index contributed by atoms with van der Waals surface area (Å²) in [4.78, 5) is 2.46. The molecule has 0 aliphatic carbocycles. The topological polar surface area (TPSA) is 3.24 Å². The molecule has 1 heterocycles. The summed E-state index contributed by atoms with van der Waals surface area (Å²) in [6.07, 6.45) is 7.53. The van der Waals surface area contributed by atoms with Gasteiger partial charge in [-0.3, -0.25) is 0 Å². The molecule has 0 amide bonds. The van der Waals surface area contributed by atoms with E-state index < -0.39 is 0 Å². The van der Waals surface area contributed by atoms with Gasteiger partial charge in [0.05, 0.1) is 0 Å². The summed E-state index contributed by atoms with van der Waals surface area (Å²) < 4.78 is 0. The highest BCUT2D eigenvalue weighted by Crippen LogP contribution is 2.19. The van der Waals surface area contributed by atoms with E-state index in [-0.39, 0.29) is 0 Å². The van der Waals surface area contributed by atoms with Crippen molar-refractivity contribution in [2.45, 2.75) is 27.2 Å². The first-order valence-corrected chi connectivity index (χ1v) is 5.36. The van der Waals surface area contributed by atoms with E-state index in [9.17, 15) is 0 Å². The third-order valence-electron chi connectivity index (χ3n) is 2.83. The van der Waals surface area contributed by atoms with Gasteiger partial charge in [0.15, 0.2) is 0 Å². The van der Waals surface area contributed by atoms with Crippen molar-refractivity contribution in [1.29, 1.82) is 0 Å². The van der Waals surface area contributed by atoms with Gasteiger partial charge in [-0.2, -0.15) is 0 Å². The molecule has 0 aromatic carbocycles. The van der Waals surface area contributed by atoms with Crippen LogP contribution in [0.3, 0.4) is 0 Å². The van der Waals surface area contributed by atoms with Crippen molar-refractivity contribution in [3.05, 3.63) is 36.1 Å². The molecule has 1 aliphatic heterocycles. The fourth-order valence-corrected chi connectivity index (χ4v) is 1.68. The maximum atomic E-state index is 3.74. The second-order valence-electron chi connectivity index (χ2n) is 4.26. The van der Waals surface area contributed by atoms with Gasteiger partial charge < -0.3 is 4.90 Å². The van der Waals surface area contributed by atoms with Gasteiger partial charge >= 0.3 is 0 Å². The van der Waals surface area contributed by atoms with Crippen LogP contribution in [-0.2, 0) is 0 Å². The van der Waals surface area contributed by atoms with E-state index in [0.29, 0.717) is 0 Å². The normalized spacial score (nSPS) is 24.2. The van der Waals surface area contributed by atoms with Crippen LogP contribution in [0.25, 0.3) is 0 Å². The Balaban J connectivity index is 2.56. The molecule has 0 saturated carbocycles. The van der Waals surface area contributed by atoms with E-state index in [2.05, 4.69) is 44.4 Å². The molecule has 0 spiro atoms. The standard InChI is InChI=1S/C13H21N/c1-5-11(2)6-7-13(4)14-9-8-12(3)10-14/h5-7,12H,1,8-10H2,2-4H3/b11-6-,13-7+/t12-/m0/s1. The Hall–Kier alpha value is -0.980. The number of nitrogens with zero attached hydrogens (tertiary/aromatic N) is 1. The van der Waals surface area contributed by atoms with Crippen molar-refractivity contribution in [3.8, 4) is 0 Å². The highest BCUT2D eigenvalue weighted by Gasteiger charge is 2.17. The molecule has 1 atom stereocenters. The number of hydrogen-bond acceptors (Lipinski definition) is 1. The summed E-state index contributed by atoms with van der Waals surface area (Å²) in [6.45, 7) is 12.7. The summed E-state index contributed by atoms with van der Waals surface area (Å²) in [6, 6.07) is 0. The van der Waals surface area contributed by atoms with Crippen LogP contribution in [0.1, 0.15) is 27.2 Å². The molecule has 1 nitrogen and oxygen atoms in total. The smallest absolute Gasteiger partial charge is 0.0201 e. The van der Waals surface area contributed by atoms with Crippen molar-refractivity contribution in [2.24, 2.45) is 5.92 Å². The molecule has 0 aromatic rings. The molecule has 1 rings (SSSR count). The van der Waals surface area contributed by atoms with Gasteiger partial charge in [0.25, 0.3) is 0 Å². The lowest BCUT2D eigenvalue weighted by Crippen LogP contribution is -2.17. The van der Waals surface area contributed by atoms with E-state index >= 15 is 0 Å². The Bertz CT molecular complexity index is 260. The molecular formula is C13H21N. The second kappa shape index (κ2) is 5.04. The summed E-state index contributed by atoms with van der Waals surface area (Å²) >= 11 is 0. The van der Waals surface area contributed by atoms with Crippen LogP contribution in [0.15, 0.2) is 36.1 Å². The van der Waals surface area contributed by atoms with Crippen LogP contribution in [0.5, 0.6) is 0 Å². The molecule has 0 radical (unpaired) electrons. The maximum Gasteiger partial charge on any atom is 0.0201 e. The molecule has 14 heavy (non-hydrogen) atoms. The van der Waals surface area contributed by atoms with E-state index in [1.54, 1.807) is 0 Å². The monoisotopic (exact) mass is 191 g/mol. The molecule has 1 aliphatic rings. The van der Waals surface area contributed by atoms with Crippen molar-refractivity contribution >= 4 is 0 Å². The first-order chi connectivity index (χ1) is 6.63. The van der Waals surface area contributed by atoms with Gasteiger partial charge in [0.1, 0.15) is 0 Å². The minimum atomic E-state index is 0.850. The van der Waals surface area contributed by atoms with Crippen molar-refractivity contribution < 1.29 is 0 Å². The van der Waals surface area contributed by atoms with Crippen LogP contribution in [0.4, 0.5) is 0 Å². The first kappa shape index (κ1) is 11.1. The Kier molecular flexibility index (Phi) is 3.99. The zero-order valence-corrected chi connectivity index (χ0v) is 9.59. The number of hydrogen-bond donors (Lipinski definition) is 0. The second-order valence-corrected chi connectivity index (χ2v) is 4.26. The lowest BCUT2D eigenvalue weighted by molar-refractivity contribution is 0.411. The van der Waals surface area contributed by atoms with E-state index in [0.717, 1.165) is 5.92 Å². The van der Waals surface area contributed by atoms with Gasteiger partial charge in [0.2, 0.25) is 0 Å². The molecule has 78 valence electrons. The fraction of sp³-hybridized carbons (Fsp3) is 0.538. The van der Waals surface area contributed by atoms with Crippen LogP contribution >= 0.6 is 0 Å². The highest BCUT2D eigenvalue weighted by molar-refractivity contribution is 5.22. The third-order valence-corrected chi connectivity index (χ3v) is 2.83. The predicted molar refractivity (Wildman–Crippen MR) is 63.1 cm³/mol. The van der Waals surface area contributed by atoms with Gasteiger partial charge in [-0.15, -0.1) is 0 Å². The summed E-state index contributed by atoms with van der Waals surface area (Å²) in [5.41, 5.74) is 2.59. The van der Waals surface area contributed by atoms with Gasteiger partial charge in [-0.05, 0) is 32.3 Å². The quantitative estimate of drug-likeness (QED) is 0.618. The van der Waals surface area contributed by atoms with E-state index in [4.69, 9.17) is 0 Å². The van der Waals surface area contributed by atoms with E-state index in [1.165, 1.54) is 30.8 Å². The average Bonchev–Trinajstić information content (AvgIpc) is 2.60. The van der Waals surface area contributed by atoms with Gasteiger partial charge in [-0.25, -0.2) is 0 Å². The molecular weight excluding hydrogens is 170 g/mol. The summed E-state index contributed by atoms with van der Waals surface area (Å²) in [5.74, 6) is 0.850. The van der Waals surface area contributed by atoms with Crippen molar-refractivity contribution in [2.75, 3.05) is 13.1 Å². The number of likely N-dealkylation sites (tertiary alicyclic amines) is 1. The van der Waals surface area contributed by atoms with Gasteiger partial charge in [0, 0.05) is 18.8 Å². The van der Waals surface area contributed by atoms with Crippen LogP contribution in [0.2, 0.25) is 0 Å². The molecule has 1 saturated heterocycles. The van der Waals surface area contributed by atoms with Crippen LogP contribution in [-0.4, -0.2) is 18.0 Å². The zero-order valence-electron chi connectivity index (χ0n) is 9.59. The molecule has 0 unspecified atom stereocenters. The molecule has 0 bridgehead atoms. The Labute approximate surface area is 87.8 Å². The molecule has 1 fully saturated rings. The number of rotatable bonds is 3. The average molecular weight is 191 g/mol. The summed E-state index contributed by atoms with van der Waals surface area (Å²) in [5, 5.41) is 0. The Morgan fingerprint density at radius 2 is 2.07 bits per heavy atom. The minimum Gasteiger partial charge on any atom is -0.375 e. The number of allylic oxidation sites excluding steroid dienone is 5. The largest absolute Gasteiger partial charge is 0.375 e. The zero-order chi connectivity index (χ0) is 10.6. The van der Waals surface area contributed by atoms with E-state index in [1.807, 2.05) is 6.08 Å². The van der Waals surface area contributed by atoms with Crippen molar-refractivity contribution in [1.82, 2.24) is 4.90 Å². The maximum absolute atomic E-state index is 3.74. The predicted octanol–water partition coefficient (Wildman–Crippen LogP) is 3.36. The fourth-order valence-electron chi connectivity index (χ4n) is 1.68. The van der Waals surface area contributed by atoms with Crippen LogP contribution in [0, 0.1) is 5.92 Å². The molecule has 1 heteroatoms. The Morgan fingerprint density at radius 1 is 1.36 bits per heavy atom. The molecule has 0 N–H and O–H groups in total. The van der Waals surface area contributed by atoms with Crippen LogP contribution < -0.4 is 0 Å². The third kappa shape index (κ3) is 3.06. The highest BCUT2D eigenvalue weighted by atomic mass is 15.1. The summed E-state index contributed by atoms with van der Waals surface area (Å²) in [7, 11) is 0.